The van der Waals surface area contributed by atoms with Crippen molar-refractivity contribution in [3.05, 3.63) is 59.1 Å². The minimum Gasteiger partial charge on any atom is -0.490 e. The van der Waals surface area contributed by atoms with E-state index in [0.717, 1.165) is 61.2 Å². The van der Waals surface area contributed by atoms with E-state index in [9.17, 15) is 4.79 Å². The zero-order chi connectivity index (χ0) is 24.8. The summed E-state index contributed by atoms with van der Waals surface area (Å²) in [5.74, 6) is 2.20. The molecule has 6 heteroatoms. The van der Waals surface area contributed by atoms with Gasteiger partial charge in [-0.05, 0) is 92.3 Å². The second kappa shape index (κ2) is 12.1. The van der Waals surface area contributed by atoms with Crippen molar-refractivity contribution in [1.29, 1.82) is 0 Å². The number of anilines is 1. The largest absolute Gasteiger partial charge is 0.490 e. The quantitative estimate of drug-likeness (QED) is 0.474. The van der Waals surface area contributed by atoms with Gasteiger partial charge >= 0.3 is 6.03 Å². The molecular formula is C29H40ClN3O2. The Labute approximate surface area is 215 Å². The van der Waals surface area contributed by atoms with Crippen LogP contribution in [0.2, 0.25) is 5.02 Å². The highest BCUT2D eigenvalue weighted by molar-refractivity contribution is 6.30. The molecular weight excluding hydrogens is 458 g/mol. The van der Waals surface area contributed by atoms with Gasteiger partial charge < -0.3 is 20.3 Å². The Morgan fingerprint density at radius 3 is 2.09 bits per heavy atom. The van der Waals surface area contributed by atoms with E-state index in [2.05, 4.69) is 43.5 Å². The topological polar surface area (TPSA) is 53.6 Å². The molecule has 2 N–H and O–H groups in total. The fraction of sp³-hybridized carbons (Fsp3) is 0.552. The van der Waals surface area contributed by atoms with Gasteiger partial charge in [-0.15, -0.1) is 0 Å². The summed E-state index contributed by atoms with van der Waals surface area (Å²) in [6.07, 6.45) is 6.95. The van der Waals surface area contributed by atoms with Crippen molar-refractivity contribution >= 4 is 23.3 Å². The Hall–Kier alpha value is -2.24. The third kappa shape index (κ3) is 7.62. The Balaban J connectivity index is 0.000000672. The van der Waals surface area contributed by atoms with Crippen LogP contribution in [0.5, 0.6) is 5.75 Å². The van der Waals surface area contributed by atoms with E-state index in [-0.39, 0.29) is 6.03 Å². The molecule has 190 valence electrons. The number of hydrogen-bond acceptors (Lipinski definition) is 3. The Kier molecular flexibility index (Phi) is 8.96. The van der Waals surface area contributed by atoms with Gasteiger partial charge in [-0.1, -0.05) is 44.5 Å². The second-order valence-corrected chi connectivity index (χ2v) is 11.3. The summed E-state index contributed by atoms with van der Waals surface area (Å²) in [4.78, 5) is 14.6. The average Bonchev–Trinajstić information content (AvgIpc) is 3.18. The minimum atomic E-state index is -0.0295. The molecule has 0 aliphatic carbocycles. The highest BCUT2D eigenvalue weighted by Crippen LogP contribution is 2.31. The smallest absolute Gasteiger partial charge is 0.321 e. The Morgan fingerprint density at radius 1 is 0.943 bits per heavy atom. The molecule has 3 aliphatic heterocycles. The Morgan fingerprint density at radius 2 is 1.51 bits per heavy atom. The van der Waals surface area contributed by atoms with Crippen LogP contribution in [0.1, 0.15) is 70.8 Å². The molecule has 0 radical (unpaired) electrons. The average molecular weight is 498 g/mol. The molecule has 3 aliphatic rings. The molecule has 1 unspecified atom stereocenters. The summed E-state index contributed by atoms with van der Waals surface area (Å²) in [5.41, 5.74) is 2.12. The van der Waals surface area contributed by atoms with E-state index in [4.69, 9.17) is 16.3 Å². The van der Waals surface area contributed by atoms with Gasteiger partial charge in [0, 0.05) is 35.9 Å². The zero-order valence-corrected chi connectivity index (χ0v) is 22.1. The van der Waals surface area contributed by atoms with Crippen LogP contribution in [0, 0.1) is 5.92 Å². The molecule has 2 aromatic rings. The van der Waals surface area contributed by atoms with Gasteiger partial charge in [0.05, 0.1) is 0 Å². The van der Waals surface area contributed by atoms with Crippen molar-refractivity contribution in [1.82, 2.24) is 10.2 Å². The number of likely N-dealkylation sites (tertiary alicyclic amines) is 1. The maximum atomic E-state index is 12.7. The first kappa shape index (κ1) is 25.8. The summed E-state index contributed by atoms with van der Waals surface area (Å²) < 4.78 is 6.20. The number of rotatable bonds is 4. The number of nitrogens with one attached hydrogen (secondary N) is 2. The number of halogens is 1. The van der Waals surface area contributed by atoms with E-state index in [1.165, 1.54) is 18.4 Å². The normalized spacial score (nSPS) is 24.0. The van der Waals surface area contributed by atoms with Crippen LogP contribution < -0.4 is 15.4 Å². The lowest BCUT2D eigenvalue weighted by atomic mass is 9.89. The number of fused-ring (bicyclic) bond motifs is 2. The first-order valence-electron chi connectivity index (χ1n) is 13.2. The van der Waals surface area contributed by atoms with Crippen molar-refractivity contribution < 1.29 is 9.53 Å². The van der Waals surface area contributed by atoms with Gasteiger partial charge in [-0.3, -0.25) is 0 Å². The number of carbonyl (C=O) groups excluding carboxylic acids is 1. The predicted octanol–water partition coefficient (Wildman–Crippen LogP) is 7.08. The molecule has 2 aromatic carbocycles. The Bertz CT molecular complexity index is 925. The summed E-state index contributed by atoms with van der Waals surface area (Å²) in [5, 5.41) is 7.44. The summed E-state index contributed by atoms with van der Waals surface area (Å²) in [6, 6.07) is 17.1. The summed E-state index contributed by atoms with van der Waals surface area (Å²) in [7, 11) is 0. The number of nitrogens with zero attached hydrogens (tertiary/aromatic N) is 1. The van der Waals surface area contributed by atoms with Crippen LogP contribution in [-0.4, -0.2) is 42.2 Å². The van der Waals surface area contributed by atoms with E-state index >= 15 is 0 Å². The van der Waals surface area contributed by atoms with Gasteiger partial charge in [0.25, 0.3) is 0 Å². The van der Waals surface area contributed by atoms with Crippen molar-refractivity contribution in [2.75, 3.05) is 18.4 Å². The van der Waals surface area contributed by atoms with Gasteiger partial charge in [-0.2, -0.15) is 0 Å². The molecule has 3 fully saturated rings. The number of benzene rings is 2. The van der Waals surface area contributed by atoms with Crippen molar-refractivity contribution in [3.8, 4) is 5.75 Å². The number of hydrogen-bond donors (Lipinski definition) is 2. The lowest BCUT2D eigenvalue weighted by Crippen LogP contribution is -2.42. The van der Waals surface area contributed by atoms with Crippen molar-refractivity contribution in [2.24, 2.45) is 5.92 Å². The highest BCUT2D eigenvalue weighted by Gasteiger charge is 2.34. The van der Waals surface area contributed by atoms with E-state index in [1.807, 2.05) is 41.3 Å². The summed E-state index contributed by atoms with van der Waals surface area (Å²) >= 11 is 5.99. The predicted molar refractivity (Wildman–Crippen MR) is 145 cm³/mol. The highest BCUT2D eigenvalue weighted by atomic mass is 35.5. The number of carbonyl (C=O) groups is 1. The van der Waals surface area contributed by atoms with Gasteiger partial charge in [-0.25, -0.2) is 4.79 Å². The zero-order valence-electron chi connectivity index (χ0n) is 21.3. The maximum absolute atomic E-state index is 12.7. The van der Waals surface area contributed by atoms with Crippen LogP contribution in [0.15, 0.2) is 48.5 Å². The molecule has 35 heavy (non-hydrogen) atoms. The molecule has 3 atom stereocenters. The molecule has 5 nitrogen and oxygen atoms in total. The molecule has 3 saturated heterocycles. The lowest BCUT2D eigenvalue weighted by molar-refractivity contribution is 0.137. The number of piperidine rings is 2. The molecule has 0 aromatic heterocycles. The van der Waals surface area contributed by atoms with E-state index < -0.39 is 0 Å². The van der Waals surface area contributed by atoms with Crippen LogP contribution in [-0.2, 0) is 0 Å². The second-order valence-electron chi connectivity index (χ2n) is 10.8. The number of amides is 2. The van der Waals surface area contributed by atoms with Gasteiger partial charge in [0.1, 0.15) is 11.9 Å². The first-order valence-corrected chi connectivity index (χ1v) is 13.6. The minimum absolute atomic E-state index is 0.0295. The van der Waals surface area contributed by atoms with Crippen molar-refractivity contribution in [2.45, 2.75) is 83.4 Å². The number of urea groups is 1. The molecule has 2 bridgehead atoms. The third-order valence-corrected chi connectivity index (χ3v) is 7.21. The van der Waals surface area contributed by atoms with Crippen LogP contribution in [0.25, 0.3) is 0 Å². The third-order valence-electron chi connectivity index (χ3n) is 6.96. The lowest BCUT2D eigenvalue weighted by Gasteiger charge is -2.32. The van der Waals surface area contributed by atoms with Gasteiger partial charge in [0.15, 0.2) is 0 Å². The molecule has 3 heterocycles. The number of ether oxygens (including phenoxy) is 1. The van der Waals surface area contributed by atoms with Gasteiger partial charge in [0.2, 0.25) is 0 Å². The van der Waals surface area contributed by atoms with E-state index in [0.29, 0.717) is 24.1 Å². The summed E-state index contributed by atoms with van der Waals surface area (Å²) in [6.45, 7) is 8.02. The fourth-order valence-electron chi connectivity index (χ4n) is 5.26. The standard InChI is InChI=1S/C25H30ClN3O2.C4H10/c26-19-3-1-17(2-4-19)18-11-13-29(14-12-18)25(30)28-20-7-9-23(10-8-20)31-24-15-21-5-6-22(16-24)27-21;1-4(2)3/h1-4,7-10,18,21-22,24,27H,5-6,11-16H2,(H,28,30);4H,1-3H3/t21-,22+,24?;. The van der Waals surface area contributed by atoms with Crippen LogP contribution in [0.4, 0.5) is 10.5 Å². The maximum Gasteiger partial charge on any atom is 0.321 e. The van der Waals surface area contributed by atoms with E-state index in [1.54, 1.807) is 0 Å². The van der Waals surface area contributed by atoms with Crippen LogP contribution in [0.3, 0.4) is 0 Å². The molecule has 2 amide bonds. The molecule has 5 rings (SSSR count). The van der Waals surface area contributed by atoms with Crippen molar-refractivity contribution in [3.63, 3.8) is 0 Å². The molecule has 0 saturated carbocycles. The monoisotopic (exact) mass is 497 g/mol. The molecule has 0 spiro atoms. The SMILES string of the molecule is CC(C)C.O=C(Nc1ccc(OC2C[C@H]3CC[C@@H](C2)N3)cc1)N1CCC(c2ccc(Cl)cc2)CC1. The fourth-order valence-corrected chi connectivity index (χ4v) is 5.39. The van der Waals surface area contributed by atoms with Crippen LogP contribution >= 0.6 is 11.6 Å². The first-order chi connectivity index (χ1) is 16.9.